The average molecular weight is 282 g/mol. The number of nitrogens with zero attached hydrogens (tertiary/aromatic N) is 1. The molecule has 1 aromatic heterocycles. The molecule has 4 nitrogen and oxygen atoms in total. The first kappa shape index (κ1) is 14.9. The fraction of sp³-hybridized carbons (Fsp3) is 0.235. The van der Waals surface area contributed by atoms with E-state index in [-0.39, 0.29) is 5.91 Å². The molecule has 1 amide bonds. The molecule has 0 atom stereocenters. The zero-order valence-corrected chi connectivity index (χ0v) is 12.4. The minimum absolute atomic E-state index is 0.0773. The third kappa shape index (κ3) is 3.34. The molecule has 1 heterocycles. The lowest BCUT2D eigenvalue weighted by Crippen LogP contribution is -2.27. The van der Waals surface area contributed by atoms with Crippen molar-refractivity contribution in [1.82, 2.24) is 4.98 Å². The summed E-state index contributed by atoms with van der Waals surface area (Å²) in [6.07, 6.45) is 3.99. The van der Waals surface area contributed by atoms with Crippen LogP contribution in [0, 0.1) is 5.41 Å². The van der Waals surface area contributed by atoms with Crippen molar-refractivity contribution in [3.05, 3.63) is 48.3 Å². The highest BCUT2D eigenvalue weighted by atomic mass is 16.2. The molecular formula is C17H18N2O2. The van der Waals surface area contributed by atoms with Crippen LogP contribution in [0.3, 0.4) is 0 Å². The Bertz CT molecular complexity index is 672. The summed E-state index contributed by atoms with van der Waals surface area (Å²) in [7, 11) is 0. The van der Waals surface area contributed by atoms with Crippen LogP contribution in [0.25, 0.3) is 11.1 Å². The maximum Gasteiger partial charge on any atom is 0.229 e. The highest BCUT2D eigenvalue weighted by Crippen LogP contribution is 2.30. The number of carbonyl (C=O) groups is 2. The normalized spacial score (nSPS) is 11.0. The van der Waals surface area contributed by atoms with Gasteiger partial charge in [-0.1, -0.05) is 39.0 Å². The summed E-state index contributed by atoms with van der Waals surface area (Å²) < 4.78 is 0. The van der Waals surface area contributed by atoms with Gasteiger partial charge in [-0.25, -0.2) is 0 Å². The Hall–Kier alpha value is -2.49. The SMILES string of the molecule is CC(C)(C)C(=O)Nc1ccccc1-c1cnccc1C=O. The van der Waals surface area contributed by atoms with Gasteiger partial charge in [0.25, 0.3) is 0 Å². The Balaban J connectivity index is 2.47. The van der Waals surface area contributed by atoms with Gasteiger partial charge in [-0.3, -0.25) is 14.6 Å². The lowest BCUT2D eigenvalue weighted by atomic mass is 9.94. The molecule has 0 aliphatic rings. The molecule has 0 aliphatic carbocycles. The van der Waals surface area contributed by atoms with E-state index in [4.69, 9.17) is 0 Å². The number of nitrogens with one attached hydrogen (secondary N) is 1. The van der Waals surface area contributed by atoms with E-state index in [2.05, 4.69) is 10.3 Å². The monoisotopic (exact) mass is 282 g/mol. The lowest BCUT2D eigenvalue weighted by Gasteiger charge is -2.19. The molecule has 1 aromatic carbocycles. The second-order valence-electron chi connectivity index (χ2n) is 5.83. The van der Waals surface area contributed by atoms with Gasteiger partial charge < -0.3 is 5.32 Å². The van der Waals surface area contributed by atoms with Gasteiger partial charge in [-0.15, -0.1) is 0 Å². The van der Waals surface area contributed by atoms with Crippen LogP contribution >= 0.6 is 0 Å². The van der Waals surface area contributed by atoms with Crippen LogP contribution in [0.4, 0.5) is 5.69 Å². The van der Waals surface area contributed by atoms with E-state index >= 15 is 0 Å². The van der Waals surface area contributed by atoms with Crippen LogP contribution in [0.1, 0.15) is 31.1 Å². The lowest BCUT2D eigenvalue weighted by molar-refractivity contribution is -0.123. The maximum atomic E-state index is 12.2. The van der Waals surface area contributed by atoms with Gasteiger partial charge in [0.05, 0.1) is 0 Å². The number of hydrogen-bond donors (Lipinski definition) is 1. The highest BCUT2D eigenvalue weighted by molar-refractivity contribution is 6.00. The largest absolute Gasteiger partial charge is 0.325 e. The molecule has 1 N–H and O–H groups in total. The summed E-state index contributed by atoms with van der Waals surface area (Å²) in [6.45, 7) is 5.56. The highest BCUT2D eigenvalue weighted by Gasteiger charge is 2.22. The standard InChI is InChI=1S/C17H18N2O2/c1-17(2,3)16(21)19-15-7-5-4-6-13(15)14-10-18-9-8-12(14)11-20/h4-11H,1-3H3,(H,19,21). The summed E-state index contributed by atoms with van der Waals surface area (Å²) in [5.41, 5.74) is 2.22. The fourth-order valence-corrected chi connectivity index (χ4v) is 1.87. The Labute approximate surface area is 124 Å². The summed E-state index contributed by atoms with van der Waals surface area (Å²) in [5, 5.41) is 2.92. The van der Waals surface area contributed by atoms with Gasteiger partial charge in [-0.2, -0.15) is 0 Å². The fourth-order valence-electron chi connectivity index (χ4n) is 1.87. The number of aldehydes is 1. The van der Waals surface area contributed by atoms with Crippen molar-refractivity contribution >= 4 is 17.9 Å². The number of carbonyl (C=O) groups excluding carboxylic acids is 2. The van der Waals surface area contributed by atoms with Crippen molar-refractivity contribution in [3.8, 4) is 11.1 Å². The summed E-state index contributed by atoms with van der Waals surface area (Å²) in [6, 6.07) is 9.05. The zero-order valence-electron chi connectivity index (χ0n) is 12.4. The van der Waals surface area contributed by atoms with Gasteiger partial charge in [0.2, 0.25) is 5.91 Å². The predicted molar refractivity (Wildman–Crippen MR) is 83.1 cm³/mol. The van der Waals surface area contributed by atoms with E-state index in [1.807, 2.05) is 45.0 Å². The Morgan fingerprint density at radius 3 is 2.52 bits per heavy atom. The third-order valence-corrected chi connectivity index (χ3v) is 3.13. The number of para-hydroxylation sites is 1. The topological polar surface area (TPSA) is 59.1 Å². The maximum absolute atomic E-state index is 12.2. The van der Waals surface area contributed by atoms with E-state index in [1.165, 1.54) is 0 Å². The number of pyridine rings is 1. The number of aromatic nitrogens is 1. The van der Waals surface area contributed by atoms with Crippen molar-refractivity contribution in [2.75, 3.05) is 5.32 Å². The second kappa shape index (κ2) is 5.87. The molecule has 108 valence electrons. The first-order chi connectivity index (χ1) is 9.93. The van der Waals surface area contributed by atoms with Gasteiger partial charge in [-0.05, 0) is 12.1 Å². The second-order valence-corrected chi connectivity index (χ2v) is 5.83. The molecular weight excluding hydrogens is 264 g/mol. The van der Waals surface area contributed by atoms with E-state index in [1.54, 1.807) is 18.5 Å². The summed E-state index contributed by atoms with van der Waals surface area (Å²) in [4.78, 5) is 27.4. The summed E-state index contributed by atoms with van der Waals surface area (Å²) in [5.74, 6) is -0.0773. The van der Waals surface area contributed by atoms with Crippen LogP contribution in [0.2, 0.25) is 0 Å². The quantitative estimate of drug-likeness (QED) is 0.876. The molecule has 0 bridgehead atoms. The molecule has 21 heavy (non-hydrogen) atoms. The molecule has 0 aliphatic heterocycles. The van der Waals surface area contributed by atoms with Crippen LogP contribution in [-0.2, 0) is 4.79 Å². The zero-order chi connectivity index (χ0) is 15.5. The first-order valence-electron chi connectivity index (χ1n) is 6.73. The molecule has 0 spiro atoms. The third-order valence-electron chi connectivity index (χ3n) is 3.13. The first-order valence-corrected chi connectivity index (χ1v) is 6.73. The van der Waals surface area contributed by atoms with Crippen molar-refractivity contribution < 1.29 is 9.59 Å². The van der Waals surface area contributed by atoms with Crippen molar-refractivity contribution in [1.29, 1.82) is 0 Å². The van der Waals surface area contributed by atoms with E-state index in [9.17, 15) is 9.59 Å². The number of amides is 1. The van der Waals surface area contributed by atoms with Crippen LogP contribution in [-0.4, -0.2) is 17.2 Å². The van der Waals surface area contributed by atoms with Crippen LogP contribution in [0.15, 0.2) is 42.7 Å². The molecule has 4 heteroatoms. The van der Waals surface area contributed by atoms with Crippen molar-refractivity contribution in [2.24, 2.45) is 5.41 Å². The molecule has 0 fully saturated rings. The molecule has 2 aromatic rings. The van der Waals surface area contributed by atoms with Gasteiger partial charge >= 0.3 is 0 Å². The van der Waals surface area contributed by atoms with Crippen LogP contribution < -0.4 is 5.32 Å². The molecule has 0 unspecified atom stereocenters. The van der Waals surface area contributed by atoms with E-state index in [0.29, 0.717) is 16.8 Å². The van der Waals surface area contributed by atoms with Crippen LogP contribution in [0.5, 0.6) is 0 Å². The Morgan fingerprint density at radius 2 is 1.86 bits per heavy atom. The van der Waals surface area contributed by atoms with Crippen molar-refractivity contribution in [3.63, 3.8) is 0 Å². The molecule has 0 saturated carbocycles. The average Bonchev–Trinajstić information content (AvgIpc) is 2.47. The minimum atomic E-state index is -0.491. The Kier molecular flexibility index (Phi) is 4.17. The van der Waals surface area contributed by atoms with Gasteiger partial charge in [0, 0.05) is 40.2 Å². The molecule has 0 radical (unpaired) electrons. The number of rotatable bonds is 3. The number of hydrogen-bond acceptors (Lipinski definition) is 3. The number of benzene rings is 1. The molecule has 0 saturated heterocycles. The predicted octanol–water partition coefficient (Wildman–Crippen LogP) is 3.55. The number of anilines is 1. The van der Waals surface area contributed by atoms with E-state index < -0.39 is 5.41 Å². The van der Waals surface area contributed by atoms with Gasteiger partial charge in [0.1, 0.15) is 0 Å². The Morgan fingerprint density at radius 1 is 1.14 bits per heavy atom. The van der Waals surface area contributed by atoms with Gasteiger partial charge in [0.15, 0.2) is 6.29 Å². The van der Waals surface area contributed by atoms with Crippen molar-refractivity contribution in [2.45, 2.75) is 20.8 Å². The summed E-state index contributed by atoms with van der Waals surface area (Å²) >= 11 is 0. The smallest absolute Gasteiger partial charge is 0.229 e. The van der Waals surface area contributed by atoms with E-state index in [0.717, 1.165) is 11.8 Å². The minimum Gasteiger partial charge on any atom is -0.325 e. The molecule has 2 rings (SSSR count).